The number of benzene rings is 1. The number of methoxy groups -OCH3 is 2. The molecule has 0 aliphatic rings. The molecule has 0 aliphatic carbocycles. The minimum atomic E-state index is -0.830. The Balaban J connectivity index is 3.26. The molecule has 0 atom stereocenters. The Kier molecular flexibility index (Phi) is 5.44. The van der Waals surface area contributed by atoms with Crippen LogP contribution in [0.15, 0.2) is 18.2 Å². The van der Waals surface area contributed by atoms with Crippen molar-refractivity contribution in [1.29, 1.82) is 0 Å². The van der Waals surface area contributed by atoms with Crippen molar-refractivity contribution >= 4 is 0 Å². The molecule has 0 aromatic heterocycles. The van der Waals surface area contributed by atoms with E-state index in [1.54, 1.807) is 14.2 Å². The average molecular weight is 254 g/mol. The van der Waals surface area contributed by atoms with Gasteiger partial charge in [0.2, 0.25) is 0 Å². The second-order valence-electron chi connectivity index (χ2n) is 3.85. The summed E-state index contributed by atoms with van der Waals surface area (Å²) >= 11 is 0. The third-order valence-electron chi connectivity index (χ3n) is 2.73. The molecule has 0 N–H and O–H groups in total. The van der Waals surface area contributed by atoms with Crippen molar-refractivity contribution < 1.29 is 18.9 Å². The number of para-hydroxylation sites is 1. The predicted molar refractivity (Wildman–Crippen MR) is 70.2 cm³/mol. The van der Waals surface area contributed by atoms with Crippen molar-refractivity contribution in [2.75, 3.05) is 27.4 Å². The highest BCUT2D eigenvalue weighted by Crippen LogP contribution is 2.39. The Morgan fingerprint density at radius 1 is 1.00 bits per heavy atom. The molecular weight excluding hydrogens is 232 g/mol. The van der Waals surface area contributed by atoms with Gasteiger partial charge in [-0.3, -0.25) is 0 Å². The number of hydrogen-bond acceptors (Lipinski definition) is 4. The molecule has 0 saturated carbocycles. The summed E-state index contributed by atoms with van der Waals surface area (Å²) in [4.78, 5) is 0. The van der Waals surface area contributed by atoms with Crippen molar-refractivity contribution in [3.63, 3.8) is 0 Å². The van der Waals surface area contributed by atoms with Crippen LogP contribution in [0.3, 0.4) is 0 Å². The van der Waals surface area contributed by atoms with Crippen LogP contribution in [-0.2, 0) is 15.3 Å². The van der Waals surface area contributed by atoms with Crippen LogP contribution in [0.2, 0.25) is 0 Å². The molecular formula is C14H22O4. The smallest absolute Gasteiger partial charge is 0.195 e. The summed E-state index contributed by atoms with van der Waals surface area (Å²) in [7, 11) is 3.22. The molecule has 0 aliphatic heterocycles. The van der Waals surface area contributed by atoms with Crippen LogP contribution in [-0.4, -0.2) is 27.4 Å². The van der Waals surface area contributed by atoms with Gasteiger partial charge in [-0.2, -0.15) is 0 Å². The fraction of sp³-hybridized carbons (Fsp3) is 0.571. The summed E-state index contributed by atoms with van der Waals surface area (Å²) in [6.45, 7) is 6.86. The molecule has 18 heavy (non-hydrogen) atoms. The summed E-state index contributed by atoms with van der Waals surface area (Å²) in [5.74, 6) is 0.480. The third-order valence-corrected chi connectivity index (χ3v) is 2.73. The lowest BCUT2D eigenvalue weighted by Gasteiger charge is -2.31. The molecule has 4 nitrogen and oxygen atoms in total. The fourth-order valence-corrected chi connectivity index (χ4v) is 1.99. The van der Waals surface area contributed by atoms with E-state index in [0.29, 0.717) is 24.7 Å². The molecule has 0 bridgehead atoms. The van der Waals surface area contributed by atoms with Crippen molar-refractivity contribution in [3.05, 3.63) is 23.8 Å². The summed E-state index contributed by atoms with van der Waals surface area (Å²) in [6.07, 6.45) is 0. The number of hydrogen-bond donors (Lipinski definition) is 0. The average Bonchev–Trinajstić information content (AvgIpc) is 2.38. The van der Waals surface area contributed by atoms with E-state index in [0.717, 1.165) is 5.56 Å². The molecule has 0 amide bonds. The summed E-state index contributed by atoms with van der Waals surface area (Å²) in [5.41, 5.74) is 0.827. The van der Waals surface area contributed by atoms with Crippen LogP contribution < -0.4 is 9.47 Å². The van der Waals surface area contributed by atoms with Gasteiger partial charge in [-0.05, 0) is 32.9 Å². The van der Waals surface area contributed by atoms with E-state index >= 15 is 0 Å². The molecule has 102 valence electrons. The first-order valence-electron chi connectivity index (χ1n) is 6.12. The van der Waals surface area contributed by atoms with E-state index in [4.69, 9.17) is 18.9 Å². The summed E-state index contributed by atoms with van der Waals surface area (Å²) in [5, 5.41) is 0. The fourth-order valence-electron chi connectivity index (χ4n) is 1.99. The van der Waals surface area contributed by atoms with Gasteiger partial charge in [-0.25, -0.2) is 0 Å². The highest BCUT2D eigenvalue weighted by molar-refractivity contribution is 5.48. The van der Waals surface area contributed by atoms with Crippen LogP contribution >= 0.6 is 0 Å². The standard InChI is InChI=1S/C14H22O4/c1-6-17-14(3,18-7-2)11-9-8-10-12(15-4)13(11)16-5/h8-10H,6-7H2,1-5H3. The van der Waals surface area contributed by atoms with Crippen molar-refractivity contribution in [1.82, 2.24) is 0 Å². The second-order valence-corrected chi connectivity index (χ2v) is 3.85. The highest BCUT2D eigenvalue weighted by atomic mass is 16.7. The molecule has 1 rings (SSSR count). The zero-order valence-corrected chi connectivity index (χ0v) is 11.8. The zero-order chi connectivity index (χ0) is 13.6. The number of rotatable bonds is 7. The highest BCUT2D eigenvalue weighted by Gasteiger charge is 2.32. The maximum absolute atomic E-state index is 5.74. The van der Waals surface area contributed by atoms with Crippen LogP contribution in [0.25, 0.3) is 0 Å². The van der Waals surface area contributed by atoms with Gasteiger partial charge in [-0.15, -0.1) is 0 Å². The van der Waals surface area contributed by atoms with Crippen molar-refractivity contribution in [2.45, 2.75) is 26.6 Å². The van der Waals surface area contributed by atoms with Crippen LogP contribution in [0.4, 0.5) is 0 Å². The van der Waals surface area contributed by atoms with Crippen LogP contribution in [0.1, 0.15) is 26.3 Å². The first-order valence-corrected chi connectivity index (χ1v) is 6.12. The van der Waals surface area contributed by atoms with Gasteiger partial charge in [0.15, 0.2) is 17.3 Å². The third kappa shape index (κ3) is 2.94. The molecule has 0 saturated heterocycles. The zero-order valence-electron chi connectivity index (χ0n) is 11.8. The van der Waals surface area contributed by atoms with Gasteiger partial charge in [0.1, 0.15) is 0 Å². The Bertz CT molecular complexity index is 370. The van der Waals surface area contributed by atoms with Crippen molar-refractivity contribution in [3.8, 4) is 11.5 Å². The summed E-state index contributed by atoms with van der Waals surface area (Å²) < 4.78 is 22.2. The minimum Gasteiger partial charge on any atom is -0.493 e. The quantitative estimate of drug-likeness (QED) is 0.701. The molecule has 0 unspecified atom stereocenters. The Morgan fingerprint density at radius 3 is 2.06 bits per heavy atom. The van der Waals surface area contributed by atoms with E-state index in [1.165, 1.54) is 0 Å². The lowest BCUT2D eigenvalue weighted by atomic mass is 10.1. The number of ether oxygens (including phenoxy) is 4. The van der Waals surface area contributed by atoms with Gasteiger partial charge >= 0.3 is 0 Å². The first kappa shape index (κ1) is 14.8. The Morgan fingerprint density at radius 2 is 1.61 bits per heavy atom. The second kappa shape index (κ2) is 6.61. The van der Waals surface area contributed by atoms with E-state index in [-0.39, 0.29) is 0 Å². The maximum atomic E-state index is 5.74. The molecule has 0 radical (unpaired) electrons. The van der Waals surface area contributed by atoms with Crippen LogP contribution in [0, 0.1) is 0 Å². The van der Waals surface area contributed by atoms with Crippen LogP contribution in [0.5, 0.6) is 11.5 Å². The van der Waals surface area contributed by atoms with Gasteiger partial charge < -0.3 is 18.9 Å². The van der Waals surface area contributed by atoms with Crippen molar-refractivity contribution in [2.24, 2.45) is 0 Å². The molecule has 4 heteroatoms. The largest absolute Gasteiger partial charge is 0.493 e. The molecule has 0 heterocycles. The van der Waals surface area contributed by atoms with Gasteiger partial charge in [-0.1, -0.05) is 6.07 Å². The molecule has 1 aromatic rings. The molecule has 0 fully saturated rings. The lowest BCUT2D eigenvalue weighted by Crippen LogP contribution is -2.30. The SMILES string of the molecule is CCOC(C)(OCC)c1cccc(OC)c1OC. The Hall–Kier alpha value is -1.26. The molecule has 1 aromatic carbocycles. The van der Waals surface area contributed by atoms with E-state index in [9.17, 15) is 0 Å². The maximum Gasteiger partial charge on any atom is 0.195 e. The molecule has 0 spiro atoms. The van der Waals surface area contributed by atoms with E-state index < -0.39 is 5.79 Å². The summed E-state index contributed by atoms with van der Waals surface area (Å²) in [6, 6.07) is 5.67. The first-order chi connectivity index (χ1) is 8.62. The monoisotopic (exact) mass is 254 g/mol. The normalized spacial score (nSPS) is 11.4. The minimum absolute atomic E-state index is 0.552. The topological polar surface area (TPSA) is 36.9 Å². The van der Waals surface area contributed by atoms with Gasteiger partial charge in [0.25, 0.3) is 0 Å². The van der Waals surface area contributed by atoms with E-state index in [1.807, 2.05) is 39.0 Å². The lowest BCUT2D eigenvalue weighted by molar-refractivity contribution is -0.230. The Labute approximate surface area is 109 Å². The van der Waals surface area contributed by atoms with E-state index in [2.05, 4.69) is 0 Å². The van der Waals surface area contributed by atoms with Gasteiger partial charge in [0.05, 0.1) is 19.8 Å². The van der Waals surface area contributed by atoms with Gasteiger partial charge in [0, 0.05) is 13.2 Å². The predicted octanol–water partition coefficient (Wildman–Crippen LogP) is 2.95.